The molecule has 1 saturated carbocycles. The third kappa shape index (κ3) is 3.75. The lowest BCUT2D eigenvalue weighted by Crippen LogP contribution is -2.55. The van der Waals surface area contributed by atoms with Crippen molar-refractivity contribution in [2.75, 3.05) is 39.3 Å². The molecule has 1 unspecified atom stereocenters. The van der Waals surface area contributed by atoms with E-state index in [0.29, 0.717) is 43.9 Å². The van der Waals surface area contributed by atoms with Crippen LogP contribution >= 0.6 is 0 Å². The van der Waals surface area contributed by atoms with Crippen LogP contribution in [0.3, 0.4) is 0 Å². The van der Waals surface area contributed by atoms with E-state index in [1.165, 1.54) is 31.2 Å². The van der Waals surface area contributed by atoms with Gasteiger partial charge in [-0.3, -0.25) is 9.69 Å². The van der Waals surface area contributed by atoms with Crippen LogP contribution in [0.2, 0.25) is 0 Å². The van der Waals surface area contributed by atoms with Crippen molar-refractivity contribution < 1.29 is 9.59 Å². The number of nitrogens with zero attached hydrogens (tertiary/aromatic N) is 3. The minimum atomic E-state index is 0.0285. The van der Waals surface area contributed by atoms with E-state index in [9.17, 15) is 9.59 Å². The summed E-state index contributed by atoms with van der Waals surface area (Å²) in [5.74, 6) is 1.62. The standard InChI is InChI=1S/C23H32N4O2/c28-22(26-10-11-27-19(14-26)12-24-23(27)29)21-16-25(13-17-6-2-1-3-7-17)15-20(21)18-8-4-5-9-18/h1-3,6-7,18-21H,4-5,8-16H2,(H,24,29)/t19?,20-,21+/m0/s1. The van der Waals surface area contributed by atoms with Crippen molar-refractivity contribution in [3.05, 3.63) is 35.9 Å². The first-order valence-electron chi connectivity index (χ1n) is 11.3. The molecule has 3 atom stereocenters. The Morgan fingerprint density at radius 1 is 1.03 bits per heavy atom. The highest BCUT2D eigenvalue weighted by molar-refractivity contribution is 5.81. The lowest BCUT2D eigenvalue weighted by atomic mass is 9.82. The lowest BCUT2D eigenvalue weighted by Gasteiger charge is -2.38. The number of amides is 3. The second kappa shape index (κ2) is 7.98. The molecule has 6 nitrogen and oxygen atoms in total. The van der Waals surface area contributed by atoms with Gasteiger partial charge in [-0.2, -0.15) is 0 Å². The minimum Gasteiger partial charge on any atom is -0.338 e. The Morgan fingerprint density at radius 2 is 1.83 bits per heavy atom. The van der Waals surface area contributed by atoms with E-state index in [2.05, 4.69) is 45.4 Å². The van der Waals surface area contributed by atoms with Crippen molar-refractivity contribution in [1.82, 2.24) is 20.0 Å². The number of likely N-dealkylation sites (tertiary alicyclic amines) is 1. The molecule has 3 heterocycles. The molecule has 29 heavy (non-hydrogen) atoms. The van der Waals surface area contributed by atoms with Crippen molar-refractivity contribution >= 4 is 11.9 Å². The van der Waals surface area contributed by atoms with Gasteiger partial charge in [-0.15, -0.1) is 0 Å². The Labute approximate surface area is 173 Å². The Morgan fingerprint density at radius 3 is 2.62 bits per heavy atom. The molecule has 0 radical (unpaired) electrons. The van der Waals surface area contributed by atoms with Crippen molar-refractivity contribution in [3.8, 4) is 0 Å². The lowest BCUT2D eigenvalue weighted by molar-refractivity contribution is -0.139. The van der Waals surface area contributed by atoms with Gasteiger partial charge < -0.3 is 15.1 Å². The van der Waals surface area contributed by atoms with Gasteiger partial charge in [0.05, 0.1) is 12.0 Å². The first-order valence-corrected chi connectivity index (χ1v) is 11.3. The Bertz CT molecular complexity index is 749. The van der Waals surface area contributed by atoms with E-state index >= 15 is 0 Å². The van der Waals surface area contributed by atoms with Crippen molar-refractivity contribution in [3.63, 3.8) is 0 Å². The Kier molecular flexibility index (Phi) is 5.20. The van der Waals surface area contributed by atoms with Gasteiger partial charge in [-0.05, 0) is 17.4 Å². The number of benzene rings is 1. The quantitative estimate of drug-likeness (QED) is 0.849. The second-order valence-corrected chi connectivity index (χ2v) is 9.31. The number of carbonyl (C=O) groups is 2. The zero-order chi connectivity index (χ0) is 19.8. The number of hydrogen-bond acceptors (Lipinski definition) is 3. The van der Waals surface area contributed by atoms with Crippen LogP contribution in [0.15, 0.2) is 30.3 Å². The van der Waals surface area contributed by atoms with Gasteiger partial charge in [0.15, 0.2) is 0 Å². The highest BCUT2D eigenvalue weighted by atomic mass is 16.2. The summed E-state index contributed by atoms with van der Waals surface area (Å²) in [5, 5.41) is 2.92. The summed E-state index contributed by atoms with van der Waals surface area (Å²) in [5.41, 5.74) is 1.33. The second-order valence-electron chi connectivity index (χ2n) is 9.31. The van der Waals surface area contributed by atoms with E-state index < -0.39 is 0 Å². The molecule has 0 aromatic heterocycles. The molecule has 3 amide bonds. The van der Waals surface area contributed by atoms with E-state index in [1.54, 1.807) is 0 Å². The van der Waals surface area contributed by atoms with Crippen LogP contribution in [0, 0.1) is 17.8 Å². The van der Waals surface area contributed by atoms with Gasteiger partial charge >= 0.3 is 6.03 Å². The molecule has 1 aliphatic carbocycles. The molecule has 6 heteroatoms. The third-order valence-corrected chi connectivity index (χ3v) is 7.56. The largest absolute Gasteiger partial charge is 0.338 e. The minimum absolute atomic E-state index is 0.0285. The van der Waals surface area contributed by atoms with E-state index in [1.807, 2.05) is 4.90 Å². The molecule has 1 aromatic rings. The zero-order valence-corrected chi connectivity index (χ0v) is 17.1. The number of urea groups is 1. The fraction of sp³-hybridized carbons (Fsp3) is 0.652. The van der Waals surface area contributed by atoms with Gasteiger partial charge in [-0.1, -0.05) is 56.0 Å². The summed E-state index contributed by atoms with van der Waals surface area (Å²) in [6, 6.07) is 10.8. The fourth-order valence-electron chi connectivity index (χ4n) is 6.05. The highest BCUT2D eigenvalue weighted by Gasteiger charge is 2.45. The van der Waals surface area contributed by atoms with Crippen molar-refractivity contribution in [2.45, 2.75) is 38.3 Å². The highest BCUT2D eigenvalue weighted by Crippen LogP contribution is 2.40. The average molecular weight is 397 g/mol. The molecule has 156 valence electrons. The summed E-state index contributed by atoms with van der Waals surface area (Å²) < 4.78 is 0. The van der Waals surface area contributed by atoms with Crippen LogP contribution in [-0.2, 0) is 11.3 Å². The maximum Gasteiger partial charge on any atom is 0.317 e. The van der Waals surface area contributed by atoms with Crippen LogP contribution in [-0.4, -0.2) is 71.9 Å². The predicted molar refractivity (Wildman–Crippen MR) is 111 cm³/mol. The van der Waals surface area contributed by atoms with Gasteiger partial charge in [0.2, 0.25) is 5.91 Å². The van der Waals surface area contributed by atoms with E-state index in [-0.39, 0.29) is 18.0 Å². The number of hydrogen-bond donors (Lipinski definition) is 1. The van der Waals surface area contributed by atoms with Crippen LogP contribution in [0.5, 0.6) is 0 Å². The maximum atomic E-state index is 13.6. The van der Waals surface area contributed by atoms with Gasteiger partial charge in [-0.25, -0.2) is 4.79 Å². The topological polar surface area (TPSA) is 55.9 Å². The van der Waals surface area contributed by atoms with Gasteiger partial charge in [0.25, 0.3) is 0 Å². The molecule has 0 spiro atoms. The van der Waals surface area contributed by atoms with Crippen LogP contribution in [0.25, 0.3) is 0 Å². The zero-order valence-electron chi connectivity index (χ0n) is 17.1. The summed E-state index contributed by atoms with van der Waals surface area (Å²) in [4.78, 5) is 32.0. The summed E-state index contributed by atoms with van der Waals surface area (Å²) in [6.45, 7) is 5.54. The SMILES string of the molecule is O=C([C@@H]1CN(Cc2ccccc2)C[C@H]1C1CCCC1)N1CCN2C(=O)NCC2C1. The van der Waals surface area contributed by atoms with E-state index in [4.69, 9.17) is 0 Å². The van der Waals surface area contributed by atoms with Gasteiger partial charge in [0.1, 0.15) is 0 Å². The molecule has 1 aromatic carbocycles. The number of carbonyl (C=O) groups excluding carboxylic acids is 2. The van der Waals surface area contributed by atoms with Crippen LogP contribution < -0.4 is 5.32 Å². The Balaban J connectivity index is 1.29. The number of piperazine rings is 1. The van der Waals surface area contributed by atoms with Crippen molar-refractivity contribution in [2.24, 2.45) is 17.8 Å². The fourth-order valence-corrected chi connectivity index (χ4v) is 6.05. The monoisotopic (exact) mass is 396 g/mol. The predicted octanol–water partition coefficient (Wildman–Crippen LogP) is 2.16. The molecular weight excluding hydrogens is 364 g/mol. The molecule has 3 saturated heterocycles. The summed E-state index contributed by atoms with van der Waals surface area (Å²) in [7, 11) is 0. The molecule has 4 aliphatic rings. The number of rotatable bonds is 4. The molecule has 4 fully saturated rings. The van der Waals surface area contributed by atoms with Crippen LogP contribution in [0.4, 0.5) is 4.79 Å². The Hall–Kier alpha value is -2.08. The molecule has 5 rings (SSSR count). The molecule has 0 bridgehead atoms. The first kappa shape index (κ1) is 18.9. The normalized spacial score (nSPS) is 30.6. The first-order chi connectivity index (χ1) is 14.2. The summed E-state index contributed by atoms with van der Waals surface area (Å²) in [6.07, 6.45) is 5.19. The smallest absolute Gasteiger partial charge is 0.317 e. The molecular formula is C23H32N4O2. The molecule has 1 N–H and O–H groups in total. The van der Waals surface area contributed by atoms with Crippen LogP contribution in [0.1, 0.15) is 31.2 Å². The maximum absolute atomic E-state index is 13.6. The average Bonchev–Trinajstić information content (AvgIpc) is 3.48. The number of fused-ring (bicyclic) bond motifs is 1. The van der Waals surface area contributed by atoms with Crippen molar-refractivity contribution in [1.29, 1.82) is 0 Å². The summed E-state index contributed by atoms with van der Waals surface area (Å²) >= 11 is 0. The number of nitrogens with one attached hydrogen (secondary N) is 1. The molecule has 3 aliphatic heterocycles. The third-order valence-electron chi connectivity index (χ3n) is 7.56. The van der Waals surface area contributed by atoms with Gasteiger partial charge in [0, 0.05) is 45.8 Å². The van der Waals surface area contributed by atoms with E-state index in [0.717, 1.165) is 19.6 Å².